The van der Waals surface area contributed by atoms with Crippen LogP contribution in [0.2, 0.25) is 0 Å². The fourth-order valence-electron chi connectivity index (χ4n) is 1.67. The molecule has 2 aromatic rings. The van der Waals surface area contributed by atoms with E-state index in [1.54, 1.807) is 6.20 Å². The summed E-state index contributed by atoms with van der Waals surface area (Å²) in [6.45, 7) is 5.20. The Balaban J connectivity index is 2.06. The summed E-state index contributed by atoms with van der Waals surface area (Å²) in [5, 5.41) is 3.24. The molecule has 0 bridgehead atoms. The van der Waals surface area contributed by atoms with E-state index in [1.807, 2.05) is 44.2 Å². The van der Waals surface area contributed by atoms with Crippen molar-refractivity contribution in [2.24, 2.45) is 0 Å². The smallest absolute Gasteiger partial charge is 0.169 e. The fourth-order valence-corrected chi connectivity index (χ4v) is 1.67. The highest BCUT2D eigenvalue weighted by atomic mass is 16.5. The third-order valence-electron chi connectivity index (χ3n) is 2.45. The van der Waals surface area contributed by atoms with E-state index in [2.05, 4.69) is 15.3 Å². The summed E-state index contributed by atoms with van der Waals surface area (Å²) in [7, 11) is 0. The van der Waals surface area contributed by atoms with Gasteiger partial charge in [0.15, 0.2) is 11.6 Å². The van der Waals surface area contributed by atoms with Crippen LogP contribution in [0.3, 0.4) is 0 Å². The number of aryl methyl sites for hydroxylation is 1. The van der Waals surface area contributed by atoms with Crippen LogP contribution >= 0.6 is 0 Å². The maximum atomic E-state index is 5.50. The van der Waals surface area contributed by atoms with E-state index in [0.29, 0.717) is 13.2 Å². The Morgan fingerprint density at radius 3 is 2.89 bits per heavy atom. The number of pyridine rings is 2. The van der Waals surface area contributed by atoms with Gasteiger partial charge in [0, 0.05) is 11.9 Å². The highest BCUT2D eigenvalue weighted by Crippen LogP contribution is 2.21. The standard InChI is InChI=1S/C14H17N3O/c1-3-18-13-8-5-9-15-14(13)16-10-12-7-4-6-11(2)17-12/h4-9H,3,10H2,1-2H3,(H,15,16). The molecule has 2 rings (SSSR count). The van der Waals surface area contributed by atoms with Gasteiger partial charge < -0.3 is 10.1 Å². The monoisotopic (exact) mass is 243 g/mol. The number of ether oxygens (including phenoxy) is 1. The van der Waals surface area contributed by atoms with E-state index >= 15 is 0 Å². The molecular formula is C14H17N3O. The van der Waals surface area contributed by atoms with Crippen molar-refractivity contribution in [3.05, 3.63) is 47.9 Å². The van der Waals surface area contributed by atoms with Crippen molar-refractivity contribution in [2.75, 3.05) is 11.9 Å². The van der Waals surface area contributed by atoms with Crippen LogP contribution in [0.15, 0.2) is 36.5 Å². The molecule has 0 amide bonds. The number of hydrogen-bond acceptors (Lipinski definition) is 4. The lowest BCUT2D eigenvalue weighted by Gasteiger charge is -2.10. The first-order valence-corrected chi connectivity index (χ1v) is 6.04. The maximum absolute atomic E-state index is 5.50. The Hall–Kier alpha value is -2.10. The number of anilines is 1. The van der Waals surface area contributed by atoms with Gasteiger partial charge >= 0.3 is 0 Å². The predicted molar refractivity (Wildman–Crippen MR) is 71.7 cm³/mol. The third kappa shape index (κ3) is 3.20. The third-order valence-corrected chi connectivity index (χ3v) is 2.45. The van der Waals surface area contributed by atoms with Gasteiger partial charge in [-0.3, -0.25) is 4.98 Å². The van der Waals surface area contributed by atoms with Gasteiger partial charge in [-0.25, -0.2) is 4.98 Å². The first kappa shape index (κ1) is 12.4. The first-order chi connectivity index (χ1) is 8.79. The van der Waals surface area contributed by atoms with Crippen LogP contribution in [0.25, 0.3) is 0 Å². The van der Waals surface area contributed by atoms with Crippen LogP contribution in [0.1, 0.15) is 18.3 Å². The SMILES string of the molecule is CCOc1cccnc1NCc1cccc(C)n1. The van der Waals surface area contributed by atoms with Gasteiger partial charge in [-0.15, -0.1) is 0 Å². The molecule has 0 aromatic carbocycles. The van der Waals surface area contributed by atoms with Crippen molar-refractivity contribution in [3.63, 3.8) is 0 Å². The Kier molecular flexibility index (Phi) is 4.12. The van der Waals surface area contributed by atoms with Crippen molar-refractivity contribution in [1.29, 1.82) is 0 Å². The zero-order chi connectivity index (χ0) is 12.8. The normalized spacial score (nSPS) is 10.1. The van der Waals surface area contributed by atoms with Crippen LogP contribution < -0.4 is 10.1 Å². The van der Waals surface area contributed by atoms with Crippen LogP contribution in [0.4, 0.5) is 5.82 Å². The zero-order valence-corrected chi connectivity index (χ0v) is 10.7. The molecule has 0 aliphatic heterocycles. The number of aromatic nitrogens is 2. The van der Waals surface area contributed by atoms with Gasteiger partial charge in [-0.1, -0.05) is 6.07 Å². The molecule has 0 saturated carbocycles. The van der Waals surface area contributed by atoms with Crippen LogP contribution in [0, 0.1) is 6.92 Å². The fraction of sp³-hybridized carbons (Fsp3) is 0.286. The minimum absolute atomic E-state index is 0.628. The highest BCUT2D eigenvalue weighted by Gasteiger charge is 2.03. The van der Waals surface area contributed by atoms with E-state index in [0.717, 1.165) is 23.0 Å². The van der Waals surface area contributed by atoms with Gasteiger partial charge in [0.2, 0.25) is 0 Å². The molecule has 0 fully saturated rings. The Labute approximate surface area is 107 Å². The molecule has 0 aliphatic rings. The average molecular weight is 243 g/mol. The lowest BCUT2D eigenvalue weighted by molar-refractivity contribution is 0.340. The largest absolute Gasteiger partial charge is 0.490 e. The minimum Gasteiger partial charge on any atom is -0.490 e. The maximum Gasteiger partial charge on any atom is 0.169 e. The molecule has 2 heterocycles. The van der Waals surface area contributed by atoms with E-state index in [4.69, 9.17) is 4.74 Å². The second kappa shape index (κ2) is 6.00. The summed E-state index contributed by atoms with van der Waals surface area (Å²) in [5.74, 6) is 1.52. The molecule has 0 aliphatic carbocycles. The minimum atomic E-state index is 0.628. The topological polar surface area (TPSA) is 47.0 Å². The second-order valence-electron chi connectivity index (χ2n) is 3.91. The molecule has 0 saturated heterocycles. The summed E-state index contributed by atoms with van der Waals surface area (Å²) in [6, 6.07) is 9.74. The van der Waals surface area contributed by atoms with Crippen LogP contribution in [0.5, 0.6) is 5.75 Å². The van der Waals surface area contributed by atoms with E-state index in [9.17, 15) is 0 Å². The Morgan fingerprint density at radius 1 is 1.22 bits per heavy atom. The average Bonchev–Trinajstić information content (AvgIpc) is 2.38. The summed E-state index contributed by atoms with van der Waals surface area (Å²) >= 11 is 0. The van der Waals surface area contributed by atoms with Crippen LogP contribution in [-0.4, -0.2) is 16.6 Å². The molecular weight excluding hydrogens is 226 g/mol. The van der Waals surface area contributed by atoms with Gasteiger partial charge in [0.1, 0.15) is 0 Å². The molecule has 0 unspecified atom stereocenters. The van der Waals surface area contributed by atoms with Crippen molar-refractivity contribution in [1.82, 2.24) is 9.97 Å². The van der Waals surface area contributed by atoms with Gasteiger partial charge in [0.05, 0.1) is 18.8 Å². The molecule has 4 heteroatoms. The lowest BCUT2D eigenvalue weighted by Crippen LogP contribution is -2.06. The number of nitrogens with one attached hydrogen (secondary N) is 1. The molecule has 2 aromatic heterocycles. The summed E-state index contributed by atoms with van der Waals surface area (Å²) in [5.41, 5.74) is 2.00. The molecule has 94 valence electrons. The summed E-state index contributed by atoms with van der Waals surface area (Å²) < 4.78 is 5.50. The number of hydrogen-bond donors (Lipinski definition) is 1. The van der Waals surface area contributed by atoms with Crippen molar-refractivity contribution in [3.8, 4) is 5.75 Å². The summed E-state index contributed by atoms with van der Waals surface area (Å²) in [6.07, 6.45) is 1.74. The van der Waals surface area contributed by atoms with E-state index in [1.165, 1.54) is 0 Å². The predicted octanol–water partition coefficient (Wildman–Crippen LogP) is 2.80. The van der Waals surface area contributed by atoms with Crippen molar-refractivity contribution >= 4 is 5.82 Å². The quantitative estimate of drug-likeness (QED) is 0.877. The Morgan fingerprint density at radius 2 is 2.11 bits per heavy atom. The molecule has 0 radical (unpaired) electrons. The van der Waals surface area contributed by atoms with E-state index < -0.39 is 0 Å². The molecule has 0 spiro atoms. The van der Waals surface area contributed by atoms with Crippen LogP contribution in [-0.2, 0) is 6.54 Å². The van der Waals surface area contributed by atoms with Gasteiger partial charge in [0.25, 0.3) is 0 Å². The van der Waals surface area contributed by atoms with Gasteiger partial charge in [-0.05, 0) is 38.1 Å². The highest BCUT2D eigenvalue weighted by molar-refractivity contribution is 5.49. The second-order valence-corrected chi connectivity index (χ2v) is 3.91. The Bertz CT molecular complexity index is 514. The molecule has 1 N–H and O–H groups in total. The van der Waals surface area contributed by atoms with E-state index in [-0.39, 0.29) is 0 Å². The summed E-state index contributed by atoms with van der Waals surface area (Å²) in [4.78, 5) is 8.70. The zero-order valence-electron chi connectivity index (χ0n) is 10.7. The number of rotatable bonds is 5. The van der Waals surface area contributed by atoms with Gasteiger partial charge in [-0.2, -0.15) is 0 Å². The first-order valence-electron chi connectivity index (χ1n) is 6.04. The molecule has 4 nitrogen and oxygen atoms in total. The lowest BCUT2D eigenvalue weighted by atomic mass is 10.3. The van der Waals surface area contributed by atoms with Crippen molar-refractivity contribution in [2.45, 2.75) is 20.4 Å². The molecule has 18 heavy (non-hydrogen) atoms. The number of nitrogens with zero attached hydrogens (tertiary/aromatic N) is 2. The molecule has 0 atom stereocenters. The van der Waals surface area contributed by atoms with Crippen molar-refractivity contribution < 1.29 is 4.74 Å².